The maximum absolute atomic E-state index is 13.5. The van der Waals surface area contributed by atoms with Gasteiger partial charge in [0.25, 0.3) is 0 Å². The molecule has 0 radical (unpaired) electrons. The summed E-state index contributed by atoms with van der Waals surface area (Å²) in [4.78, 5) is 11.3. The zero-order valence-corrected chi connectivity index (χ0v) is 11.6. The van der Waals surface area contributed by atoms with Gasteiger partial charge >= 0.3 is 5.97 Å². The Morgan fingerprint density at radius 3 is 3.00 bits per heavy atom. The summed E-state index contributed by atoms with van der Waals surface area (Å²) in [6.45, 7) is 2.88. The Morgan fingerprint density at radius 1 is 1.45 bits per heavy atom. The summed E-state index contributed by atoms with van der Waals surface area (Å²) < 4.78 is 24.0. The molecule has 1 saturated heterocycles. The van der Waals surface area contributed by atoms with Crippen LogP contribution in [0.3, 0.4) is 0 Å². The number of carbonyl (C=O) groups is 1. The SMILES string of the molecule is CCOC(=O)CC[C@@H]1C[C@@H](Oc2ccccc2F)CN1. The lowest BCUT2D eigenvalue weighted by atomic mass is 10.1. The van der Waals surface area contributed by atoms with Gasteiger partial charge < -0.3 is 14.8 Å². The number of rotatable bonds is 6. The molecule has 5 heteroatoms. The van der Waals surface area contributed by atoms with Crippen LogP contribution in [0.1, 0.15) is 26.2 Å². The number of benzene rings is 1. The van der Waals surface area contributed by atoms with Gasteiger partial charge in [0.15, 0.2) is 11.6 Å². The largest absolute Gasteiger partial charge is 0.486 e. The molecule has 110 valence electrons. The van der Waals surface area contributed by atoms with Gasteiger partial charge in [0.05, 0.1) is 6.61 Å². The van der Waals surface area contributed by atoms with E-state index in [2.05, 4.69) is 5.32 Å². The average Bonchev–Trinajstić information content (AvgIpc) is 2.87. The number of para-hydroxylation sites is 1. The molecule has 0 spiro atoms. The van der Waals surface area contributed by atoms with Gasteiger partial charge in [0.2, 0.25) is 0 Å². The van der Waals surface area contributed by atoms with Crippen molar-refractivity contribution in [1.82, 2.24) is 5.32 Å². The first-order chi connectivity index (χ1) is 9.69. The molecule has 20 heavy (non-hydrogen) atoms. The number of hydrogen-bond acceptors (Lipinski definition) is 4. The van der Waals surface area contributed by atoms with Crippen LogP contribution in [-0.4, -0.2) is 31.3 Å². The van der Waals surface area contributed by atoms with Crippen LogP contribution in [0.25, 0.3) is 0 Å². The monoisotopic (exact) mass is 281 g/mol. The Bertz CT molecular complexity index is 452. The van der Waals surface area contributed by atoms with E-state index in [9.17, 15) is 9.18 Å². The molecule has 0 aromatic heterocycles. The lowest BCUT2D eigenvalue weighted by Gasteiger charge is -2.13. The van der Waals surface area contributed by atoms with Crippen LogP contribution in [0.2, 0.25) is 0 Å². The Kier molecular flexibility index (Phi) is 5.35. The van der Waals surface area contributed by atoms with E-state index in [0.29, 0.717) is 19.6 Å². The quantitative estimate of drug-likeness (QED) is 0.813. The third kappa shape index (κ3) is 4.20. The highest BCUT2D eigenvalue weighted by Crippen LogP contribution is 2.21. The minimum absolute atomic E-state index is 0.0564. The van der Waals surface area contributed by atoms with Gasteiger partial charge in [-0.1, -0.05) is 12.1 Å². The fraction of sp³-hybridized carbons (Fsp3) is 0.533. The summed E-state index contributed by atoms with van der Waals surface area (Å²) in [5, 5.41) is 3.29. The van der Waals surface area contributed by atoms with Gasteiger partial charge in [0.1, 0.15) is 6.10 Å². The maximum Gasteiger partial charge on any atom is 0.305 e. The molecule has 1 aliphatic heterocycles. The zero-order chi connectivity index (χ0) is 14.4. The second-order valence-electron chi connectivity index (χ2n) is 4.85. The molecular weight excluding hydrogens is 261 g/mol. The Labute approximate surface area is 118 Å². The standard InChI is InChI=1S/C15H20FNO3/c1-2-19-15(18)8-7-11-9-12(10-17-11)20-14-6-4-3-5-13(14)16/h3-6,11-12,17H,2,7-10H2,1H3/t11-,12-/m1/s1. The van der Waals surface area contributed by atoms with Crippen LogP contribution in [0, 0.1) is 5.82 Å². The van der Waals surface area contributed by atoms with Crippen LogP contribution in [0.4, 0.5) is 4.39 Å². The van der Waals surface area contributed by atoms with E-state index < -0.39 is 0 Å². The third-order valence-corrected chi connectivity index (χ3v) is 3.31. The molecule has 1 aromatic rings. The first-order valence-corrected chi connectivity index (χ1v) is 6.99. The van der Waals surface area contributed by atoms with Crippen LogP contribution in [0.5, 0.6) is 5.75 Å². The fourth-order valence-corrected chi connectivity index (χ4v) is 2.34. The number of ether oxygens (including phenoxy) is 2. The molecule has 0 bridgehead atoms. The summed E-state index contributed by atoms with van der Waals surface area (Å²) in [6, 6.07) is 6.62. The van der Waals surface area contributed by atoms with Crippen molar-refractivity contribution >= 4 is 5.97 Å². The summed E-state index contributed by atoms with van der Waals surface area (Å²) in [5.41, 5.74) is 0. The summed E-state index contributed by atoms with van der Waals surface area (Å²) in [6.07, 6.45) is 1.83. The summed E-state index contributed by atoms with van der Waals surface area (Å²) in [5.74, 6) is -0.236. The Balaban J connectivity index is 1.75. The van der Waals surface area contributed by atoms with Crippen LogP contribution in [0.15, 0.2) is 24.3 Å². The number of esters is 1. The molecular formula is C15H20FNO3. The molecule has 1 aromatic carbocycles. The first kappa shape index (κ1) is 14.8. The topological polar surface area (TPSA) is 47.6 Å². The molecule has 0 unspecified atom stereocenters. The van der Waals surface area contributed by atoms with Gasteiger partial charge in [-0.3, -0.25) is 4.79 Å². The van der Waals surface area contributed by atoms with Gasteiger partial charge in [-0.05, 0) is 25.5 Å². The van der Waals surface area contributed by atoms with E-state index in [4.69, 9.17) is 9.47 Å². The van der Waals surface area contributed by atoms with Gasteiger partial charge in [0, 0.05) is 25.4 Å². The molecule has 1 fully saturated rings. The minimum atomic E-state index is -0.345. The van der Waals surface area contributed by atoms with Crippen molar-refractivity contribution < 1.29 is 18.7 Å². The van der Waals surface area contributed by atoms with E-state index in [1.54, 1.807) is 25.1 Å². The second kappa shape index (κ2) is 7.24. The molecule has 1 heterocycles. The molecule has 1 aliphatic rings. The number of nitrogens with one attached hydrogen (secondary N) is 1. The Morgan fingerprint density at radius 2 is 2.25 bits per heavy atom. The predicted molar refractivity (Wildman–Crippen MR) is 73.1 cm³/mol. The molecule has 2 atom stereocenters. The van der Waals surface area contributed by atoms with Crippen molar-refractivity contribution in [1.29, 1.82) is 0 Å². The molecule has 0 saturated carbocycles. The predicted octanol–water partition coefficient (Wildman–Crippen LogP) is 2.28. The lowest BCUT2D eigenvalue weighted by Crippen LogP contribution is -2.23. The number of hydrogen-bond donors (Lipinski definition) is 1. The lowest BCUT2D eigenvalue weighted by molar-refractivity contribution is -0.143. The maximum atomic E-state index is 13.5. The second-order valence-corrected chi connectivity index (χ2v) is 4.85. The molecule has 0 amide bonds. The van der Waals surface area contributed by atoms with Crippen molar-refractivity contribution in [3.8, 4) is 5.75 Å². The van der Waals surface area contributed by atoms with E-state index in [0.717, 1.165) is 12.8 Å². The molecule has 1 N–H and O–H groups in total. The van der Waals surface area contributed by atoms with Crippen LogP contribution < -0.4 is 10.1 Å². The van der Waals surface area contributed by atoms with Crippen molar-refractivity contribution in [2.45, 2.75) is 38.3 Å². The smallest absolute Gasteiger partial charge is 0.305 e. The highest BCUT2D eigenvalue weighted by atomic mass is 19.1. The van der Waals surface area contributed by atoms with Crippen molar-refractivity contribution in [3.05, 3.63) is 30.1 Å². The zero-order valence-electron chi connectivity index (χ0n) is 11.6. The fourth-order valence-electron chi connectivity index (χ4n) is 2.34. The van der Waals surface area contributed by atoms with Crippen molar-refractivity contribution in [2.24, 2.45) is 0 Å². The van der Waals surface area contributed by atoms with Gasteiger partial charge in [-0.15, -0.1) is 0 Å². The van der Waals surface area contributed by atoms with E-state index in [-0.39, 0.29) is 29.7 Å². The normalized spacial score (nSPS) is 21.7. The molecule has 0 aliphatic carbocycles. The van der Waals surface area contributed by atoms with Crippen LogP contribution in [-0.2, 0) is 9.53 Å². The molecule has 4 nitrogen and oxygen atoms in total. The van der Waals surface area contributed by atoms with Gasteiger partial charge in [-0.25, -0.2) is 4.39 Å². The highest BCUT2D eigenvalue weighted by Gasteiger charge is 2.26. The summed E-state index contributed by atoms with van der Waals surface area (Å²) >= 11 is 0. The number of carbonyl (C=O) groups excluding carboxylic acids is 1. The number of halogens is 1. The minimum Gasteiger partial charge on any atom is -0.486 e. The van der Waals surface area contributed by atoms with Crippen molar-refractivity contribution in [3.63, 3.8) is 0 Å². The average molecular weight is 281 g/mol. The van der Waals surface area contributed by atoms with Crippen LogP contribution >= 0.6 is 0 Å². The van der Waals surface area contributed by atoms with Gasteiger partial charge in [-0.2, -0.15) is 0 Å². The molecule has 2 rings (SSSR count). The summed E-state index contributed by atoms with van der Waals surface area (Å²) in [7, 11) is 0. The van der Waals surface area contributed by atoms with E-state index in [1.807, 2.05) is 0 Å². The van der Waals surface area contributed by atoms with E-state index >= 15 is 0 Å². The third-order valence-electron chi connectivity index (χ3n) is 3.31. The van der Waals surface area contributed by atoms with Crippen molar-refractivity contribution in [2.75, 3.05) is 13.2 Å². The highest BCUT2D eigenvalue weighted by molar-refractivity contribution is 5.69. The van der Waals surface area contributed by atoms with E-state index in [1.165, 1.54) is 6.07 Å². The first-order valence-electron chi connectivity index (χ1n) is 6.99. The Hall–Kier alpha value is -1.62.